The molecule has 1 fully saturated rings. The molecule has 1 aromatic carbocycles. The van der Waals surface area contributed by atoms with Crippen molar-refractivity contribution in [2.75, 3.05) is 18.5 Å². The van der Waals surface area contributed by atoms with Crippen LogP contribution >= 0.6 is 0 Å². The summed E-state index contributed by atoms with van der Waals surface area (Å²) in [6.45, 7) is 7.06. The average molecular weight is 312 g/mol. The van der Waals surface area contributed by atoms with Gasteiger partial charge in [0, 0.05) is 28.7 Å². The van der Waals surface area contributed by atoms with Crippen LogP contribution < -0.4 is 10.1 Å². The van der Waals surface area contributed by atoms with Gasteiger partial charge in [0.05, 0.1) is 13.2 Å². The summed E-state index contributed by atoms with van der Waals surface area (Å²) in [4.78, 5) is 12.5. The number of rotatable bonds is 7. The molecule has 0 saturated heterocycles. The van der Waals surface area contributed by atoms with E-state index < -0.39 is 0 Å². The zero-order chi connectivity index (χ0) is 16.4. The number of aryl methyl sites for hydroxylation is 1. The Kier molecular flexibility index (Phi) is 4.42. The largest absolute Gasteiger partial charge is 0.494 e. The summed E-state index contributed by atoms with van der Waals surface area (Å²) >= 11 is 0. The van der Waals surface area contributed by atoms with Gasteiger partial charge < -0.3 is 14.6 Å². The number of nitrogens with zero attached hydrogens (tertiary/aromatic N) is 1. The van der Waals surface area contributed by atoms with Crippen LogP contribution in [-0.4, -0.2) is 23.5 Å². The molecule has 0 aliphatic heterocycles. The second-order valence-corrected chi connectivity index (χ2v) is 6.12. The van der Waals surface area contributed by atoms with Crippen LogP contribution in [0, 0.1) is 13.8 Å². The summed E-state index contributed by atoms with van der Waals surface area (Å²) in [6.07, 6.45) is 2.46. The van der Waals surface area contributed by atoms with Gasteiger partial charge in [0.2, 0.25) is 0 Å². The first-order valence-corrected chi connectivity index (χ1v) is 8.28. The summed E-state index contributed by atoms with van der Waals surface area (Å²) in [5, 5.41) is 3.20. The van der Waals surface area contributed by atoms with Crippen molar-refractivity contribution in [3.05, 3.63) is 47.3 Å². The van der Waals surface area contributed by atoms with E-state index in [-0.39, 0.29) is 5.78 Å². The van der Waals surface area contributed by atoms with Crippen LogP contribution in [0.3, 0.4) is 0 Å². The SMILES string of the molecule is CCOc1ccc(NCC(=O)c2cc(C)n(C3CC3)c2C)cc1. The lowest BCUT2D eigenvalue weighted by Gasteiger charge is -2.09. The van der Waals surface area contributed by atoms with Gasteiger partial charge >= 0.3 is 0 Å². The standard InChI is InChI=1S/C19H24N2O2/c1-4-23-17-9-5-15(6-10-17)20-12-19(22)18-11-13(2)21(14(18)3)16-7-8-16/h5-6,9-11,16,20H,4,7-8,12H2,1-3H3. The number of Topliss-reactive ketones (excluding diaryl/α,β-unsaturated/α-hetero) is 1. The van der Waals surface area contributed by atoms with Crippen LogP contribution in [0.25, 0.3) is 0 Å². The molecule has 1 aromatic heterocycles. The molecule has 0 unspecified atom stereocenters. The molecular formula is C19H24N2O2. The van der Waals surface area contributed by atoms with Gasteiger partial charge in [0.25, 0.3) is 0 Å². The summed E-state index contributed by atoms with van der Waals surface area (Å²) in [5.74, 6) is 0.983. The summed E-state index contributed by atoms with van der Waals surface area (Å²) in [6, 6.07) is 10.3. The Hall–Kier alpha value is -2.23. The van der Waals surface area contributed by atoms with Crippen LogP contribution in [0.5, 0.6) is 5.75 Å². The first-order chi connectivity index (χ1) is 11.1. The van der Waals surface area contributed by atoms with Gasteiger partial charge in [-0.15, -0.1) is 0 Å². The van der Waals surface area contributed by atoms with Gasteiger partial charge in [-0.3, -0.25) is 4.79 Å². The van der Waals surface area contributed by atoms with Crippen LogP contribution in [0.15, 0.2) is 30.3 Å². The molecule has 0 atom stereocenters. The Balaban J connectivity index is 1.64. The summed E-state index contributed by atoms with van der Waals surface area (Å²) in [5.41, 5.74) is 4.06. The normalized spacial score (nSPS) is 13.9. The Labute approximate surface area is 137 Å². The minimum absolute atomic E-state index is 0.138. The number of carbonyl (C=O) groups is 1. The molecule has 0 bridgehead atoms. The van der Waals surface area contributed by atoms with Gasteiger partial charge in [-0.2, -0.15) is 0 Å². The van der Waals surface area contributed by atoms with Crippen molar-refractivity contribution in [1.29, 1.82) is 0 Å². The van der Waals surface area contributed by atoms with E-state index in [0.717, 1.165) is 22.7 Å². The van der Waals surface area contributed by atoms with Gasteiger partial charge in [-0.1, -0.05) is 0 Å². The summed E-state index contributed by atoms with van der Waals surface area (Å²) < 4.78 is 7.73. The highest BCUT2D eigenvalue weighted by Crippen LogP contribution is 2.38. The first kappa shape index (κ1) is 15.7. The van der Waals surface area contributed by atoms with Crippen molar-refractivity contribution in [2.45, 2.75) is 39.7 Å². The minimum Gasteiger partial charge on any atom is -0.494 e. The van der Waals surface area contributed by atoms with Crippen LogP contribution in [-0.2, 0) is 0 Å². The monoisotopic (exact) mass is 312 g/mol. The molecule has 1 heterocycles. The third-order valence-electron chi connectivity index (χ3n) is 4.32. The lowest BCUT2D eigenvalue weighted by Crippen LogP contribution is -2.15. The van der Waals surface area contributed by atoms with E-state index in [2.05, 4.69) is 23.7 Å². The van der Waals surface area contributed by atoms with E-state index in [1.807, 2.05) is 37.3 Å². The third kappa shape index (κ3) is 3.41. The second-order valence-electron chi connectivity index (χ2n) is 6.12. The third-order valence-corrected chi connectivity index (χ3v) is 4.32. The maximum absolute atomic E-state index is 12.5. The van der Waals surface area contributed by atoms with E-state index in [1.165, 1.54) is 18.5 Å². The quantitative estimate of drug-likeness (QED) is 0.782. The number of carbonyl (C=O) groups excluding carboxylic acids is 1. The Bertz CT molecular complexity index is 697. The minimum atomic E-state index is 0.138. The van der Waals surface area contributed by atoms with E-state index >= 15 is 0 Å². The molecule has 0 spiro atoms. The number of ether oxygens (including phenoxy) is 1. The van der Waals surface area contributed by atoms with Crippen molar-refractivity contribution in [3.8, 4) is 5.75 Å². The Morgan fingerprint density at radius 3 is 2.57 bits per heavy atom. The maximum Gasteiger partial charge on any atom is 0.183 e. The van der Waals surface area contributed by atoms with E-state index in [9.17, 15) is 4.79 Å². The number of nitrogens with one attached hydrogen (secondary N) is 1. The molecule has 1 N–H and O–H groups in total. The van der Waals surface area contributed by atoms with E-state index in [0.29, 0.717) is 19.2 Å². The van der Waals surface area contributed by atoms with Crippen LogP contribution in [0.1, 0.15) is 47.6 Å². The Morgan fingerprint density at radius 2 is 1.96 bits per heavy atom. The van der Waals surface area contributed by atoms with Gasteiger partial charge in [0.1, 0.15) is 5.75 Å². The molecule has 1 saturated carbocycles. The van der Waals surface area contributed by atoms with Gasteiger partial charge in [-0.25, -0.2) is 0 Å². The molecule has 4 nitrogen and oxygen atoms in total. The van der Waals surface area contributed by atoms with E-state index in [1.54, 1.807) is 0 Å². The fourth-order valence-electron chi connectivity index (χ4n) is 3.07. The van der Waals surface area contributed by atoms with Crippen LogP contribution in [0.2, 0.25) is 0 Å². The molecule has 2 aromatic rings. The first-order valence-electron chi connectivity index (χ1n) is 8.28. The number of hydrogen-bond acceptors (Lipinski definition) is 3. The van der Waals surface area contributed by atoms with E-state index in [4.69, 9.17) is 4.74 Å². The van der Waals surface area contributed by atoms with Crippen LogP contribution in [0.4, 0.5) is 5.69 Å². The molecule has 1 aliphatic carbocycles. The predicted octanol–water partition coefficient (Wildman–Crippen LogP) is 4.13. The van der Waals surface area contributed by atoms with Crippen molar-refractivity contribution < 1.29 is 9.53 Å². The van der Waals surface area contributed by atoms with Gasteiger partial charge in [0.15, 0.2) is 5.78 Å². The smallest absolute Gasteiger partial charge is 0.183 e. The van der Waals surface area contributed by atoms with Crippen molar-refractivity contribution in [3.63, 3.8) is 0 Å². The molecule has 122 valence electrons. The van der Waals surface area contributed by atoms with Crippen molar-refractivity contribution in [2.24, 2.45) is 0 Å². The predicted molar refractivity (Wildman–Crippen MR) is 92.6 cm³/mol. The lowest BCUT2D eigenvalue weighted by atomic mass is 10.1. The highest BCUT2D eigenvalue weighted by atomic mass is 16.5. The molecule has 0 amide bonds. The average Bonchev–Trinajstić information content (AvgIpc) is 3.32. The highest BCUT2D eigenvalue weighted by molar-refractivity contribution is 6.00. The highest BCUT2D eigenvalue weighted by Gasteiger charge is 2.28. The Morgan fingerprint density at radius 1 is 1.26 bits per heavy atom. The van der Waals surface area contributed by atoms with Gasteiger partial charge in [-0.05, 0) is 63.9 Å². The molecule has 4 heteroatoms. The summed E-state index contributed by atoms with van der Waals surface area (Å²) in [7, 11) is 0. The topological polar surface area (TPSA) is 43.3 Å². The van der Waals surface area contributed by atoms with Crippen molar-refractivity contribution >= 4 is 11.5 Å². The molecule has 1 aliphatic rings. The number of ketones is 1. The molecular weight excluding hydrogens is 288 g/mol. The molecule has 23 heavy (non-hydrogen) atoms. The fourth-order valence-corrected chi connectivity index (χ4v) is 3.07. The number of anilines is 1. The number of benzene rings is 1. The maximum atomic E-state index is 12.5. The number of hydrogen-bond donors (Lipinski definition) is 1. The lowest BCUT2D eigenvalue weighted by molar-refractivity contribution is 0.101. The van der Waals surface area contributed by atoms with Crippen molar-refractivity contribution in [1.82, 2.24) is 4.57 Å². The zero-order valence-corrected chi connectivity index (χ0v) is 14.1. The molecule has 0 radical (unpaired) electrons. The zero-order valence-electron chi connectivity index (χ0n) is 14.1. The fraction of sp³-hybridized carbons (Fsp3) is 0.421. The molecule has 3 rings (SSSR count). The number of aromatic nitrogens is 1. The second kappa shape index (κ2) is 6.49.